The summed E-state index contributed by atoms with van der Waals surface area (Å²) in [6.07, 6.45) is 6.21. The van der Waals surface area contributed by atoms with E-state index in [0.717, 1.165) is 43.9 Å². The van der Waals surface area contributed by atoms with Gasteiger partial charge in [0.2, 0.25) is 5.91 Å². The number of piperidine rings is 1. The molecule has 2 aliphatic rings. The van der Waals surface area contributed by atoms with Crippen molar-refractivity contribution in [3.63, 3.8) is 0 Å². The molecule has 5 heteroatoms. The van der Waals surface area contributed by atoms with Crippen molar-refractivity contribution in [3.05, 3.63) is 23.9 Å². The summed E-state index contributed by atoms with van der Waals surface area (Å²) >= 11 is 0. The van der Waals surface area contributed by atoms with Crippen molar-refractivity contribution in [1.29, 1.82) is 0 Å². The third-order valence-electron chi connectivity index (χ3n) is 4.70. The van der Waals surface area contributed by atoms with Gasteiger partial charge in [-0.3, -0.25) is 4.79 Å². The third-order valence-corrected chi connectivity index (χ3v) is 4.70. The molecule has 2 saturated heterocycles. The fourth-order valence-electron chi connectivity index (χ4n) is 3.39. The first-order valence-corrected chi connectivity index (χ1v) is 8.43. The number of hydrogen-bond acceptors (Lipinski definition) is 4. The second-order valence-corrected chi connectivity index (χ2v) is 6.51. The van der Waals surface area contributed by atoms with Crippen LogP contribution in [0.2, 0.25) is 0 Å². The molecule has 0 bridgehead atoms. The number of pyridine rings is 1. The van der Waals surface area contributed by atoms with E-state index in [2.05, 4.69) is 33.5 Å². The van der Waals surface area contributed by atoms with E-state index >= 15 is 0 Å². The Balaban J connectivity index is 1.54. The minimum atomic E-state index is 0.149. The number of aromatic nitrogens is 1. The number of carbonyl (C=O) groups excluding carboxylic acids is 1. The van der Waals surface area contributed by atoms with E-state index in [4.69, 9.17) is 0 Å². The van der Waals surface area contributed by atoms with Crippen LogP contribution in [0, 0.1) is 5.92 Å². The highest BCUT2D eigenvalue weighted by Gasteiger charge is 2.24. The summed E-state index contributed by atoms with van der Waals surface area (Å²) in [5, 5.41) is 6.48. The van der Waals surface area contributed by atoms with Gasteiger partial charge in [-0.15, -0.1) is 0 Å². The van der Waals surface area contributed by atoms with Crippen LogP contribution in [-0.2, 0) is 11.3 Å². The Morgan fingerprint density at radius 3 is 3.05 bits per heavy atom. The van der Waals surface area contributed by atoms with Crippen LogP contribution in [0.25, 0.3) is 0 Å². The van der Waals surface area contributed by atoms with Crippen LogP contribution in [0.3, 0.4) is 0 Å². The Hall–Kier alpha value is -1.62. The van der Waals surface area contributed by atoms with Crippen molar-refractivity contribution in [2.45, 2.75) is 45.2 Å². The first kappa shape index (κ1) is 15.3. The normalized spacial score (nSPS) is 25.2. The zero-order valence-electron chi connectivity index (χ0n) is 13.3. The zero-order valence-corrected chi connectivity index (χ0v) is 13.3. The van der Waals surface area contributed by atoms with E-state index in [1.54, 1.807) is 0 Å². The minimum Gasteiger partial charge on any atom is -0.357 e. The SMILES string of the molecule is C[C@H]1C[C@@H](C(=O)NCc2ccnc(N3CCCC3)c2)CCN1. The summed E-state index contributed by atoms with van der Waals surface area (Å²) < 4.78 is 0. The van der Waals surface area contributed by atoms with Crippen LogP contribution in [0.1, 0.15) is 38.2 Å². The van der Waals surface area contributed by atoms with Gasteiger partial charge >= 0.3 is 0 Å². The molecule has 0 spiro atoms. The summed E-state index contributed by atoms with van der Waals surface area (Å²) in [6, 6.07) is 4.54. The third kappa shape index (κ3) is 3.77. The van der Waals surface area contributed by atoms with Gasteiger partial charge in [0.15, 0.2) is 0 Å². The molecule has 22 heavy (non-hydrogen) atoms. The van der Waals surface area contributed by atoms with Gasteiger partial charge in [-0.2, -0.15) is 0 Å². The molecular formula is C17H26N4O. The molecule has 1 aromatic rings. The predicted octanol–water partition coefficient (Wildman–Crippen LogP) is 1.69. The molecule has 2 atom stereocenters. The minimum absolute atomic E-state index is 0.149. The molecule has 0 unspecified atom stereocenters. The molecule has 120 valence electrons. The number of rotatable bonds is 4. The largest absolute Gasteiger partial charge is 0.357 e. The molecule has 0 radical (unpaired) electrons. The van der Waals surface area contributed by atoms with Crippen molar-refractivity contribution in [1.82, 2.24) is 15.6 Å². The first-order chi connectivity index (χ1) is 10.7. The molecular weight excluding hydrogens is 276 g/mol. The average molecular weight is 302 g/mol. The lowest BCUT2D eigenvalue weighted by Crippen LogP contribution is -2.42. The highest BCUT2D eigenvalue weighted by molar-refractivity contribution is 5.78. The number of hydrogen-bond donors (Lipinski definition) is 2. The molecule has 1 amide bonds. The molecule has 0 aromatic carbocycles. The Morgan fingerprint density at radius 1 is 1.45 bits per heavy atom. The van der Waals surface area contributed by atoms with Crippen LogP contribution < -0.4 is 15.5 Å². The van der Waals surface area contributed by atoms with Crippen molar-refractivity contribution in [2.24, 2.45) is 5.92 Å². The average Bonchev–Trinajstić information content (AvgIpc) is 3.07. The molecule has 2 aliphatic heterocycles. The zero-order chi connectivity index (χ0) is 15.4. The summed E-state index contributed by atoms with van der Waals surface area (Å²) in [5.41, 5.74) is 1.13. The molecule has 2 fully saturated rings. The van der Waals surface area contributed by atoms with E-state index < -0.39 is 0 Å². The molecule has 0 aliphatic carbocycles. The van der Waals surface area contributed by atoms with E-state index in [9.17, 15) is 4.79 Å². The van der Waals surface area contributed by atoms with Crippen LogP contribution in [0.4, 0.5) is 5.82 Å². The predicted molar refractivity (Wildman–Crippen MR) is 87.7 cm³/mol. The van der Waals surface area contributed by atoms with Gasteiger partial charge < -0.3 is 15.5 Å². The molecule has 0 saturated carbocycles. The molecule has 3 rings (SSSR count). The topological polar surface area (TPSA) is 57.3 Å². The van der Waals surface area contributed by atoms with Crippen molar-refractivity contribution < 1.29 is 4.79 Å². The summed E-state index contributed by atoms with van der Waals surface area (Å²) in [4.78, 5) is 19.1. The Bertz CT molecular complexity index is 513. The fraction of sp³-hybridized carbons (Fsp3) is 0.647. The number of amides is 1. The highest BCUT2D eigenvalue weighted by Crippen LogP contribution is 2.19. The maximum atomic E-state index is 12.3. The summed E-state index contributed by atoms with van der Waals surface area (Å²) in [7, 11) is 0. The second-order valence-electron chi connectivity index (χ2n) is 6.51. The maximum absolute atomic E-state index is 12.3. The molecule has 2 N–H and O–H groups in total. The van der Waals surface area contributed by atoms with Gasteiger partial charge in [0.25, 0.3) is 0 Å². The lowest BCUT2D eigenvalue weighted by atomic mass is 9.92. The van der Waals surface area contributed by atoms with Crippen molar-refractivity contribution in [2.75, 3.05) is 24.5 Å². The number of anilines is 1. The Kier molecular flexibility index (Phi) is 4.93. The van der Waals surface area contributed by atoms with E-state index in [1.165, 1.54) is 12.8 Å². The smallest absolute Gasteiger partial charge is 0.223 e. The van der Waals surface area contributed by atoms with Gasteiger partial charge in [-0.25, -0.2) is 4.98 Å². The second kappa shape index (κ2) is 7.09. The van der Waals surface area contributed by atoms with Crippen molar-refractivity contribution in [3.8, 4) is 0 Å². The number of carbonyl (C=O) groups is 1. The molecule has 3 heterocycles. The van der Waals surface area contributed by atoms with Crippen LogP contribution in [0.5, 0.6) is 0 Å². The van der Waals surface area contributed by atoms with E-state index in [0.29, 0.717) is 12.6 Å². The van der Waals surface area contributed by atoms with Gasteiger partial charge in [0.1, 0.15) is 5.82 Å². The molecule has 1 aromatic heterocycles. The van der Waals surface area contributed by atoms with Crippen molar-refractivity contribution >= 4 is 11.7 Å². The highest BCUT2D eigenvalue weighted by atomic mass is 16.1. The lowest BCUT2D eigenvalue weighted by Gasteiger charge is -2.27. The van der Waals surface area contributed by atoms with Gasteiger partial charge in [-0.1, -0.05) is 0 Å². The van der Waals surface area contributed by atoms with Crippen LogP contribution in [0.15, 0.2) is 18.3 Å². The van der Waals surface area contributed by atoms with E-state index in [1.807, 2.05) is 12.3 Å². The molecule has 5 nitrogen and oxygen atoms in total. The Morgan fingerprint density at radius 2 is 2.27 bits per heavy atom. The fourth-order valence-corrected chi connectivity index (χ4v) is 3.39. The summed E-state index contributed by atoms with van der Waals surface area (Å²) in [6.45, 7) is 5.87. The number of nitrogens with zero attached hydrogens (tertiary/aromatic N) is 2. The van der Waals surface area contributed by atoms with Gasteiger partial charge in [0.05, 0.1) is 0 Å². The first-order valence-electron chi connectivity index (χ1n) is 8.43. The van der Waals surface area contributed by atoms with Gasteiger partial charge in [-0.05, 0) is 56.8 Å². The van der Waals surface area contributed by atoms with Crippen LogP contribution >= 0.6 is 0 Å². The number of nitrogens with one attached hydrogen (secondary N) is 2. The lowest BCUT2D eigenvalue weighted by molar-refractivity contribution is -0.126. The quantitative estimate of drug-likeness (QED) is 0.888. The van der Waals surface area contributed by atoms with Crippen LogP contribution in [-0.4, -0.2) is 36.6 Å². The van der Waals surface area contributed by atoms with Gasteiger partial charge in [0, 0.05) is 37.8 Å². The Labute approximate surface area is 132 Å². The maximum Gasteiger partial charge on any atom is 0.223 e. The van der Waals surface area contributed by atoms with E-state index in [-0.39, 0.29) is 11.8 Å². The monoisotopic (exact) mass is 302 g/mol. The standard InChI is InChI=1S/C17H26N4O/c1-13-10-15(5-7-18-13)17(22)20-12-14-4-6-19-16(11-14)21-8-2-3-9-21/h4,6,11,13,15,18H,2-3,5,7-10,12H2,1H3,(H,20,22)/t13-,15-/m0/s1. The summed E-state index contributed by atoms with van der Waals surface area (Å²) in [5.74, 6) is 1.38.